The first-order valence-electron chi connectivity index (χ1n) is 20.8. The van der Waals surface area contributed by atoms with Crippen molar-refractivity contribution in [3.63, 3.8) is 0 Å². The Hall–Kier alpha value is -7.08. The van der Waals surface area contributed by atoms with Gasteiger partial charge >= 0.3 is 0 Å². The Labute approximate surface area is 376 Å². The van der Waals surface area contributed by atoms with Gasteiger partial charge in [-0.05, 0) is 133 Å². The molecule has 0 amide bonds. The van der Waals surface area contributed by atoms with E-state index in [1.807, 2.05) is 84.9 Å². The molecular weight excluding hydrogens is 817 g/mol. The van der Waals surface area contributed by atoms with Gasteiger partial charge in [-0.3, -0.25) is 0 Å². The number of aryl methyl sites for hydroxylation is 6. The quantitative estimate of drug-likeness (QED) is 0.0611. The number of rotatable bonds is 23. The van der Waals surface area contributed by atoms with Gasteiger partial charge in [-0.1, -0.05) is 24.3 Å². The van der Waals surface area contributed by atoms with Crippen LogP contribution in [0.5, 0.6) is 80.5 Å². The standard InChI is InChI=1S/C52H58O12/c1-53-39-15-11-13-33(23-39)19-21-37-29-45(43(57-5)31-41(37)55-3)63-51-47(59-7)25-35(26-48(51)60-8)17-18-36-27-49(61-9)52(50(28-36)62-10)64-46-30-38(42(56-4)32-44(46)58-6)22-20-34-14-12-16-40(24-34)54-2/h11-16,23-32H,17-22H2,1-10H3. The largest absolute Gasteiger partial charge is 0.497 e. The summed E-state index contributed by atoms with van der Waals surface area (Å²) in [5, 5.41) is 0. The molecule has 0 spiro atoms. The molecule has 0 atom stereocenters. The van der Waals surface area contributed by atoms with Crippen LogP contribution in [0.3, 0.4) is 0 Å². The topological polar surface area (TPSA) is 111 Å². The van der Waals surface area contributed by atoms with Crippen LogP contribution in [0, 0.1) is 0 Å². The third kappa shape index (κ3) is 11.1. The van der Waals surface area contributed by atoms with Crippen LogP contribution >= 0.6 is 0 Å². The minimum atomic E-state index is 0.415. The van der Waals surface area contributed by atoms with Crippen molar-refractivity contribution in [3.05, 3.63) is 130 Å². The molecule has 0 heterocycles. The minimum Gasteiger partial charge on any atom is -0.497 e. The SMILES string of the molecule is COc1cccc(CCc2cc(Oc3c(OC)cc(CCc4cc(OC)c(Oc5cc(CCc6cccc(OC)c6)c(OC)cc5OC)c(OC)c4)cc3OC)c(OC)cc2OC)c1. The zero-order chi connectivity index (χ0) is 45.6. The zero-order valence-corrected chi connectivity index (χ0v) is 38.4. The van der Waals surface area contributed by atoms with Gasteiger partial charge in [-0.25, -0.2) is 0 Å². The Morgan fingerprint density at radius 1 is 0.266 bits per heavy atom. The number of hydrogen-bond acceptors (Lipinski definition) is 12. The maximum Gasteiger partial charge on any atom is 0.211 e. The Kier molecular flexibility index (Phi) is 16.2. The maximum absolute atomic E-state index is 6.57. The van der Waals surface area contributed by atoms with Gasteiger partial charge in [0.1, 0.15) is 23.0 Å². The lowest BCUT2D eigenvalue weighted by molar-refractivity contribution is 0.329. The average Bonchev–Trinajstić information content (AvgIpc) is 3.34. The fraction of sp³-hybridized carbons (Fsp3) is 0.308. The van der Waals surface area contributed by atoms with Crippen LogP contribution in [0.4, 0.5) is 0 Å². The van der Waals surface area contributed by atoms with Crippen LogP contribution in [0.25, 0.3) is 0 Å². The summed E-state index contributed by atoms with van der Waals surface area (Å²) in [7, 11) is 16.2. The highest BCUT2D eigenvalue weighted by Crippen LogP contribution is 2.48. The lowest BCUT2D eigenvalue weighted by atomic mass is 10.0. The summed E-state index contributed by atoms with van der Waals surface area (Å²) in [5.41, 5.74) is 6.10. The maximum atomic E-state index is 6.57. The molecule has 0 saturated heterocycles. The van der Waals surface area contributed by atoms with Crippen molar-refractivity contribution in [2.45, 2.75) is 38.5 Å². The van der Waals surface area contributed by atoms with Crippen molar-refractivity contribution in [2.75, 3.05) is 71.1 Å². The molecule has 6 aromatic rings. The summed E-state index contributed by atoms with van der Waals surface area (Å²) >= 11 is 0. The molecule has 0 N–H and O–H groups in total. The second-order valence-electron chi connectivity index (χ2n) is 14.7. The molecule has 338 valence electrons. The molecule has 0 saturated carbocycles. The van der Waals surface area contributed by atoms with Crippen LogP contribution in [0.15, 0.2) is 97.1 Å². The predicted octanol–water partition coefficient (Wildman–Crippen LogP) is 10.7. The molecule has 12 heteroatoms. The molecule has 12 nitrogen and oxygen atoms in total. The van der Waals surface area contributed by atoms with Crippen molar-refractivity contribution in [1.29, 1.82) is 0 Å². The van der Waals surface area contributed by atoms with E-state index in [-0.39, 0.29) is 0 Å². The molecule has 0 unspecified atom stereocenters. The van der Waals surface area contributed by atoms with Gasteiger partial charge in [-0.15, -0.1) is 0 Å². The van der Waals surface area contributed by atoms with Gasteiger partial charge < -0.3 is 56.8 Å². The van der Waals surface area contributed by atoms with E-state index in [0.29, 0.717) is 94.7 Å². The van der Waals surface area contributed by atoms with Gasteiger partial charge in [0.25, 0.3) is 0 Å². The fourth-order valence-corrected chi connectivity index (χ4v) is 7.50. The molecule has 0 radical (unpaired) electrons. The minimum absolute atomic E-state index is 0.415. The summed E-state index contributed by atoms with van der Waals surface area (Å²) in [6, 6.07) is 31.4. The van der Waals surface area contributed by atoms with Gasteiger partial charge in [0, 0.05) is 12.1 Å². The monoisotopic (exact) mass is 874 g/mol. The Balaban J connectivity index is 1.22. The number of benzene rings is 6. The third-order valence-corrected chi connectivity index (χ3v) is 10.9. The van der Waals surface area contributed by atoms with Crippen LogP contribution in [-0.2, 0) is 38.5 Å². The van der Waals surface area contributed by atoms with Crippen molar-refractivity contribution in [3.8, 4) is 80.5 Å². The highest BCUT2D eigenvalue weighted by Gasteiger charge is 2.22. The lowest BCUT2D eigenvalue weighted by Crippen LogP contribution is -2.02. The second-order valence-corrected chi connectivity index (χ2v) is 14.7. The van der Waals surface area contributed by atoms with Gasteiger partial charge in [-0.2, -0.15) is 0 Å². The van der Waals surface area contributed by atoms with E-state index in [1.165, 1.54) is 0 Å². The zero-order valence-electron chi connectivity index (χ0n) is 38.4. The molecule has 0 fully saturated rings. The smallest absolute Gasteiger partial charge is 0.211 e. The summed E-state index contributed by atoms with van der Waals surface area (Å²) in [6.45, 7) is 0. The Morgan fingerprint density at radius 2 is 0.594 bits per heavy atom. The van der Waals surface area contributed by atoms with E-state index < -0.39 is 0 Å². The summed E-state index contributed by atoms with van der Waals surface area (Å²) in [4.78, 5) is 0. The molecule has 64 heavy (non-hydrogen) atoms. The van der Waals surface area contributed by atoms with E-state index in [9.17, 15) is 0 Å². The van der Waals surface area contributed by atoms with Gasteiger partial charge in [0.05, 0.1) is 71.1 Å². The lowest BCUT2D eigenvalue weighted by Gasteiger charge is -2.20. The number of hydrogen-bond donors (Lipinski definition) is 0. The van der Waals surface area contributed by atoms with E-state index in [4.69, 9.17) is 56.8 Å². The van der Waals surface area contributed by atoms with Crippen LogP contribution in [0.1, 0.15) is 33.4 Å². The van der Waals surface area contributed by atoms with Crippen LogP contribution < -0.4 is 56.8 Å². The Morgan fingerprint density at radius 3 is 0.906 bits per heavy atom. The molecule has 0 aliphatic heterocycles. The van der Waals surface area contributed by atoms with Gasteiger partial charge in [0.2, 0.25) is 11.5 Å². The molecular formula is C52H58O12. The number of methoxy groups -OCH3 is 10. The molecule has 6 rings (SSSR count). The van der Waals surface area contributed by atoms with Crippen molar-refractivity contribution in [2.24, 2.45) is 0 Å². The normalized spacial score (nSPS) is 10.7. The van der Waals surface area contributed by atoms with E-state index in [1.54, 1.807) is 71.1 Å². The third-order valence-electron chi connectivity index (χ3n) is 10.9. The fourth-order valence-electron chi connectivity index (χ4n) is 7.50. The van der Waals surface area contributed by atoms with Gasteiger partial charge in [0.15, 0.2) is 46.0 Å². The van der Waals surface area contributed by atoms with Crippen molar-refractivity contribution < 1.29 is 56.8 Å². The molecule has 6 aromatic carbocycles. The first-order valence-corrected chi connectivity index (χ1v) is 20.8. The van der Waals surface area contributed by atoms with Crippen LogP contribution in [0.2, 0.25) is 0 Å². The Bertz CT molecular complexity index is 2270. The van der Waals surface area contributed by atoms with E-state index in [2.05, 4.69) is 12.1 Å². The highest BCUT2D eigenvalue weighted by atomic mass is 16.6. The van der Waals surface area contributed by atoms with Crippen molar-refractivity contribution in [1.82, 2.24) is 0 Å². The molecule has 0 aliphatic carbocycles. The highest BCUT2D eigenvalue weighted by molar-refractivity contribution is 5.61. The van der Waals surface area contributed by atoms with E-state index >= 15 is 0 Å². The second kappa shape index (κ2) is 22.3. The van der Waals surface area contributed by atoms with Crippen molar-refractivity contribution >= 4 is 0 Å². The molecule has 0 aromatic heterocycles. The van der Waals surface area contributed by atoms with E-state index in [0.717, 1.165) is 57.7 Å². The summed E-state index contributed by atoms with van der Waals surface area (Å²) in [5.74, 6) is 7.83. The molecule has 0 aliphatic rings. The predicted molar refractivity (Wildman–Crippen MR) is 247 cm³/mol. The first-order chi connectivity index (χ1) is 31.2. The summed E-state index contributed by atoms with van der Waals surface area (Å²) < 4.78 is 70.6. The molecule has 0 bridgehead atoms. The van der Waals surface area contributed by atoms with Crippen LogP contribution in [-0.4, -0.2) is 71.1 Å². The average molecular weight is 875 g/mol. The first kappa shape index (κ1) is 46.4. The number of ether oxygens (including phenoxy) is 12. The summed E-state index contributed by atoms with van der Waals surface area (Å²) in [6.07, 6.45) is 4.16.